The zero-order valence-electron chi connectivity index (χ0n) is 19.4. The minimum atomic E-state index is -4.70. The summed E-state index contributed by atoms with van der Waals surface area (Å²) in [5, 5.41) is 9.92. The first kappa shape index (κ1) is 27.3. The normalized spacial score (nSPS) is 14.0. The lowest BCUT2D eigenvalue weighted by molar-refractivity contribution is -0.183. The number of anilines is 1. The van der Waals surface area contributed by atoms with Crippen LogP contribution in [-0.2, 0) is 12.1 Å². The molecule has 0 radical (unpaired) electrons. The molecule has 0 unspecified atom stereocenters. The second-order valence-electron chi connectivity index (χ2n) is 8.55. The minimum Gasteiger partial charge on any atom is -0.483 e. The maximum Gasteiger partial charge on any atom is 0.422 e. The Balaban J connectivity index is 1.72. The van der Waals surface area contributed by atoms with Crippen molar-refractivity contribution >= 4 is 11.6 Å². The molecular formula is C25H18F8N2O3. The molecule has 4 rings (SSSR count). The molecule has 0 saturated heterocycles. The van der Waals surface area contributed by atoms with Gasteiger partial charge in [0, 0.05) is 34.6 Å². The second-order valence-corrected chi connectivity index (χ2v) is 8.55. The highest BCUT2D eigenvalue weighted by atomic mass is 19.4. The van der Waals surface area contributed by atoms with Crippen LogP contribution in [0.15, 0.2) is 48.7 Å². The molecule has 5 nitrogen and oxygen atoms in total. The number of nitrogens with zero attached hydrogens (tertiary/aromatic N) is 2. The molecule has 2 aromatic carbocycles. The molecule has 202 valence electrons. The maximum absolute atomic E-state index is 13.8. The number of aliphatic hydroxyl groups is 1. The van der Waals surface area contributed by atoms with E-state index in [1.165, 1.54) is 24.1 Å². The summed E-state index contributed by atoms with van der Waals surface area (Å²) in [6, 6.07) is 7.18. The monoisotopic (exact) mass is 546 g/mol. The van der Waals surface area contributed by atoms with Crippen molar-refractivity contribution in [3.63, 3.8) is 0 Å². The van der Waals surface area contributed by atoms with Crippen molar-refractivity contribution in [2.24, 2.45) is 0 Å². The number of pyridine rings is 1. The van der Waals surface area contributed by atoms with Crippen LogP contribution in [0, 0.1) is 12.7 Å². The number of aryl methyl sites for hydroxylation is 1. The largest absolute Gasteiger partial charge is 0.483 e. The lowest BCUT2D eigenvalue weighted by Crippen LogP contribution is -2.41. The van der Waals surface area contributed by atoms with Crippen LogP contribution < -0.4 is 9.64 Å². The first-order valence-corrected chi connectivity index (χ1v) is 10.9. The van der Waals surface area contributed by atoms with Gasteiger partial charge in [0.15, 0.2) is 6.61 Å². The van der Waals surface area contributed by atoms with E-state index in [2.05, 4.69) is 4.98 Å². The molecule has 3 aromatic rings. The number of hydrogen-bond acceptors (Lipinski definition) is 4. The summed E-state index contributed by atoms with van der Waals surface area (Å²) in [6.45, 7) is -0.505. The van der Waals surface area contributed by atoms with Crippen molar-refractivity contribution in [3.8, 4) is 17.0 Å². The Labute approximate surface area is 210 Å². The van der Waals surface area contributed by atoms with Crippen molar-refractivity contribution in [1.82, 2.24) is 4.98 Å². The van der Waals surface area contributed by atoms with E-state index in [0.29, 0.717) is 0 Å². The average molecular weight is 546 g/mol. The van der Waals surface area contributed by atoms with E-state index in [9.17, 15) is 45.0 Å². The number of alkyl halides is 7. The zero-order chi connectivity index (χ0) is 28.0. The van der Waals surface area contributed by atoms with Crippen LogP contribution in [0.4, 0.5) is 40.8 Å². The molecule has 0 aliphatic carbocycles. The second kappa shape index (κ2) is 9.86. The molecule has 2 heterocycles. The Morgan fingerprint density at radius 3 is 2.32 bits per heavy atom. The van der Waals surface area contributed by atoms with E-state index < -0.39 is 54.3 Å². The Morgan fingerprint density at radius 2 is 1.71 bits per heavy atom. The number of carbonyl (C=O) groups is 1. The van der Waals surface area contributed by atoms with Crippen LogP contribution in [0.5, 0.6) is 5.75 Å². The standard InChI is InChI=1S/C25H18F8N2O3/c1-12-8-13(25(37,22(27)28)23(29)30)2-5-18(12)35-10-17-15(21(35)36)6-7-34-20(17)16-4-3-14(26)9-19(16)38-11-24(31,32)33/h2-9,22-23,37H,10-11H2,1H3. The highest BCUT2D eigenvalue weighted by molar-refractivity contribution is 6.11. The molecule has 13 heteroatoms. The molecule has 0 saturated carbocycles. The SMILES string of the molecule is Cc1cc(C(O)(C(F)F)C(F)F)ccc1N1Cc2c(ccnc2-c2ccc(F)cc2OCC(F)(F)F)C1=O. The topological polar surface area (TPSA) is 62.7 Å². The molecule has 1 amide bonds. The fourth-order valence-electron chi connectivity index (χ4n) is 4.18. The van der Waals surface area contributed by atoms with Crippen LogP contribution >= 0.6 is 0 Å². The van der Waals surface area contributed by atoms with Crippen LogP contribution in [0.3, 0.4) is 0 Å². The van der Waals surface area contributed by atoms with Gasteiger partial charge in [0.1, 0.15) is 11.6 Å². The number of fused-ring (bicyclic) bond motifs is 1. The van der Waals surface area contributed by atoms with Gasteiger partial charge in [-0.05, 0) is 42.3 Å². The van der Waals surface area contributed by atoms with E-state index in [4.69, 9.17) is 4.74 Å². The highest BCUT2D eigenvalue weighted by Crippen LogP contribution is 2.41. The zero-order valence-corrected chi connectivity index (χ0v) is 19.4. The third-order valence-electron chi connectivity index (χ3n) is 6.05. The number of amides is 1. The summed E-state index contributed by atoms with van der Waals surface area (Å²) >= 11 is 0. The summed E-state index contributed by atoms with van der Waals surface area (Å²) in [6.07, 6.45) is -11.0. The predicted molar refractivity (Wildman–Crippen MR) is 119 cm³/mol. The maximum atomic E-state index is 13.8. The van der Waals surface area contributed by atoms with Crippen molar-refractivity contribution < 1.29 is 49.8 Å². The average Bonchev–Trinajstić information content (AvgIpc) is 3.18. The third kappa shape index (κ3) is 4.89. The quantitative estimate of drug-likeness (QED) is 0.369. The molecule has 0 bridgehead atoms. The van der Waals surface area contributed by atoms with Crippen LogP contribution in [0.1, 0.15) is 27.0 Å². The molecule has 0 atom stereocenters. The van der Waals surface area contributed by atoms with Crippen LogP contribution in [0.2, 0.25) is 0 Å². The Bertz CT molecular complexity index is 1370. The Hall–Kier alpha value is -3.74. The van der Waals surface area contributed by atoms with Crippen molar-refractivity contribution in [3.05, 3.63) is 76.7 Å². The van der Waals surface area contributed by atoms with Crippen molar-refractivity contribution in [2.45, 2.75) is 38.1 Å². The van der Waals surface area contributed by atoms with Gasteiger partial charge in [-0.15, -0.1) is 0 Å². The molecular weight excluding hydrogens is 528 g/mol. The molecule has 0 spiro atoms. The molecule has 1 N–H and O–H groups in total. The lowest BCUT2D eigenvalue weighted by atomic mass is 9.92. The van der Waals surface area contributed by atoms with E-state index in [1.54, 1.807) is 0 Å². The summed E-state index contributed by atoms with van der Waals surface area (Å²) < 4.78 is 110. The van der Waals surface area contributed by atoms with Gasteiger partial charge in [-0.1, -0.05) is 12.1 Å². The van der Waals surface area contributed by atoms with Gasteiger partial charge in [-0.3, -0.25) is 9.78 Å². The van der Waals surface area contributed by atoms with Crippen LogP contribution in [0.25, 0.3) is 11.3 Å². The van der Waals surface area contributed by atoms with Gasteiger partial charge in [0.25, 0.3) is 18.8 Å². The summed E-state index contributed by atoms with van der Waals surface area (Å²) in [7, 11) is 0. The first-order chi connectivity index (χ1) is 17.7. The molecule has 1 aliphatic rings. The third-order valence-corrected chi connectivity index (χ3v) is 6.05. The summed E-state index contributed by atoms with van der Waals surface area (Å²) in [4.78, 5) is 18.6. The predicted octanol–water partition coefficient (Wildman–Crippen LogP) is 6.02. The molecule has 38 heavy (non-hydrogen) atoms. The van der Waals surface area contributed by atoms with E-state index in [1.807, 2.05) is 0 Å². The van der Waals surface area contributed by atoms with E-state index >= 15 is 0 Å². The molecule has 1 aromatic heterocycles. The van der Waals surface area contributed by atoms with E-state index in [0.717, 1.165) is 36.4 Å². The van der Waals surface area contributed by atoms with Gasteiger partial charge in [0.05, 0.1) is 12.2 Å². The molecule has 1 aliphatic heterocycles. The fourth-order valence-corrected chi connectivity index (χ4v) is 4.18. The Morgan fingerprint density at radius 1 is 1.03 bits per heavy atom. The first-order valence-electron chi connectivity index (χ1n) is 10.9. The van der Waals surface area contributed by atoms with Gasteiger partial charge >= 0.3 is 6.18 Å². The van der Waals surface area contributed by atoms with Crippen molar-refractivity contribution in [1.29, 1.82) is 0 Å². The van der Waals surface area contributed by atoms with Crippen molar-refractivity contribution in [2.75, 3.05) is 11.5 Å². The minimum absolute atomic E-state index is 0.00634. The summed E-state index contributed by atoms with van der Waals surface area (Å²) in [5.41, 5.74) is -3.76. The number of halogens is 8. The smallest absolute Gasteiger partial charge is 0.422 e. The fraction of sp³-hybridized carbons (Fsp3) is 0.280. The molecule has 0 fully saturated rings. The van der Waals surface area contributed by atoms with Gasteiger partial charge in [-0.25, -0.2) is 22.0 Å². The Kier molecular flexibility index (Phi) is 7.08. The lowest BCUT2D eigenvalue weighted by Gasteiger charge is -2.28. The number of aromatic nitrogens is 1. The number of carbonyl (C=O) groups excluding carboxylic acids is 1. The number of hydrogen-bond donors (Lipinski definition) is 1. The van der Waals surface area contributed by atoms with Gasteiger partial charge < -0.3 is 14.7 Å². The number of benzene rings is 2. The number of ether oxygens (including phenoxy) is 1. The summed E-state index contributed by atoms with van der Waals surface area (Å²) in [5.74, 6) is -1.90. The highest BCUT2D eigenvalue weighted by Gasteiger charge is 2.49. The van der Waals surface area contributed by atoms with Gasteiger partial charge in [-0.2, -0.15) is 13.2 Å². The number of rotatable bonds is 7. The van der Waals surface area contributed by atoms with Crippen LogP contribution in [-0.4, -0.2) is 41.6 Å². The van der Waals surface area contributed by atoms with E-state index in [-0.39, 0.29) is 40.2 Å². The van der Waals surface area contributed by atoms with Gasteiger partial charge in [0.2, 0.25) is 5.60 Å².